The topological polar surface area (TPSA) is 79.2 Å². The molecule has 1 amide bonds. The van der Waals surface area contributed by atoms with Gasteiger partial charge in [0.15, 0.2) is 11.6 Å². The molecule has 0 saturated heterocycles. The minimum absolute atomic E-state index is 0.138. The van der Waals surface area contributed by atoms with Crippen molar-refractivity contribution in [2.45, 2.75) is 6.92 Å². The summed E-state index contributed by atoms with van der Waals surface area (Å²) in [6.45, 7) is 1.24. The smallest absolute Gasteiger partial charge is 0.249 e. The Labute approximate surface area is 97.5 Å². The second kappa shape index (κ2) is 4.67. The number of hydroxylamine groups is 1. The molecule has 2 heterocycles. The first-order chi connectivity index (χ1) is 8.18. The monoisotopic (exact) mass is 230 g/mol. The summed E-state index contributed by atoms with van der Waals surface area (Å²) in [4.78, 5) is 23.0. The molecule has 6 nitrogen and oxygen atoms in total. The quantitative estimate of drug-likeness (QED) is 0.621. The first-order valence-electron chi connectivity index (χ1n) is 4.91. The molecule has 0 spiro atoms. The maximum Gasteiger partial charge on any atom is 0.249 e. The lowest BCUT2D eigenvalue weighted by atomic mass is 10.2. The van der Waals surface area contributed by atoms with Crippen LogP contribution in [0.4, 0.5) is 5.82 Å². The predicted octanol–water partition coefficient (Wildman–Crippen LogP) is 1.28. The van der Waals surface area contributed by atoms with Crippen LogP contribution in [0.1, 0.15) is 6.92 Å². The van der Waals surface area contributed by atoms with E-state index < -0.39 is 5.91 Å². The van der Waals surface area contributed by atoms with Crippen molar-refractivity contribution in [3.8, 4) is 11.4 Å². The number of anilines is 1. The van der Waals surface area contributed by atoms with E-state index in [1.807, 2.05) is 0 Å². The van der Waals surface area contributed by atoms with E-state index in [1.165, 1.54) is 19.2 Å². The molecule has 2 aromatic heterocycles. The van der Waals surface area contributed by atoms with Crippen molar-refractivity contribution in [3.63, 3.8) is 0 Å². The second-order valence-corrected chi connectivity index (χ2v) is 3.31. The molecule has 0 bridgehead atoms. The van der Waals surface area contributed by atoms with E-state index >= 15 is 0 Å². The predicted molar refractivity (Wildman–Crippen MR) is 60.2 cm³/mol. The molecule has 0 aliphatic carbocycles. The molecule has 2 aromatic rings. The zero-order valence-corrected chi connectivity index (χ0v) is 9.11. The minimum Gasteiger partial charge on any atom is -0.280 e. The van der Waals surface area contributed by atoms with Crippen molar-refractivity contribution in [1.29, 1.82) is 0 Å². The van der Waals surface area contributed by atoms with Crippen molar-refractivity contribution >= 4 is 11.7 Å². The van der Waals surface area contributed by atoms with E-state index in [0.717, 1.165) is 5.56 Å². The summed E-state index contributed by atoms with van der Waals surface area (Å²) in [5, 5.41) is 9.93. The standard InChI is InChI=1S/C11H10N4O2/c1-8(16)15(17)10-4-7-13-11(14-10)9-2-5-12-6-3-9/h2-7,17H,1H3. The van der Waals surface area contributed by atoms with Crippen molar-refractivity contribution < 1.29 is 10.0 Å². The molecule has 6 heteroatoms. The van der Waals surface area contributed by atoms with Crippen LogP contribution in [0.5, 0.6) is 0 Å². The lowest BCUT2D eigenvalue weighted by Gasteiger charge is -2.11. The summed E-state index contributed by atoms with van der Waals surface area (Å²) in [7, 11) is 0. The van der Waals surface area contributed by atoms with E-state index in [-0.39, 0.29) is 5.82 Å². The van der Waals surface area contributed by atoms with Gasteiger partial charge in [0.1, 0.15) is 0 Å². The lowest BCUT2D eigenvalue weighted by molar-refractivity contribution is -0.121. The molecule has 0 atom stereocenters. The molecule has 86 valence electrons. The number of carbonyl (C=O) groups excluding carboxylic acids is 1. The van der Waals surface area contributed by atoms with Gasteiger partial charge in [-0.15, -0.1) is 0 Å². The number of hydrogen-bond acceptors (Lipinski definition) is 5. The SMILES string of the molecule is CC(=O)N(O)c1ccnc(-c2ccncc2)n1. The van der Waals surface area contributed by atoms with Crippen LogP contribution in [0.2, 0.25) is 0 Å². The van der Waals surface area contributed by atoms with Crippen LogP contribution >= 0.6 is 0 Å². The van der Waals surface area contributed by atoms with Gasteiger partial charge in [-0.05, 0) is 12.1 Å². The maximum atomic E-state index is 11.0. The fourth-order valence-electron chi connectivity index (χ4n) is 1.27. The van der Waals surface area contributed by atoms with Crippen molar-refractivity contribution in [2.75, 3.05) is 5.06 Å². The maximum absolute atomic E-state index is 11.0. The highest BCUT2D eigenvalue weighted by Crippen LogP contribution is 2.16. The number of rotatable bonds is 2. The number of nitrogens with zero attached hydrogens (tertiary/aromatic N) is 4. The van der Waals surface area contributed by atoms with Gasteiger partial charge >= 0.3 is 0 Å². The Morgan fingerprint density at radius 1 is 1.24 bits per heavy atom. The van der Waals surface area contributed by atoms with Gasteiger partial charge in [-0.2, -0.15) is 5.06 Å². The Morgan fingerprint density at radius 3 is 2.59 bits per heavy atom. The fourth-order valence-corrected chi connectivity index (χ4v) is 1.27. The van der Waals surface area contributed by atoms with Crippen LogP contribution in [0.15, 0.2) is 36.8 Å². The Kier molecular flexibility index (Phi) is 3.06. The Hall–Kier alpha value is -2.34. The largest absolute Gasteiger partial charge is 0.280 e. The molecule has 0 radical (unpaired) electrons. The molecule has 2 rings (SSSR count). The molecule has 1 N–H and O–H groups in total. The third-order valence-corrected chi connectivity index (χ3v) is 2.09. The number of carbonyl (C=O) groups is 1. The first-order valence-corrected chi connectivity index (χ1v) is 4.91. The average Bonchev–Trinajstić information content (AvgIpc) is 2.39. The fraction of sp³-hybridized carbons (Fsp3) is 0.0909. The van der Waals surface area contributed by atoms with Crippen LogP contribution in [-0.4, -0.2) is 26.1 Å². The van der Waals surface area contributed by atoms with Gasteiger partial charge in [-0.25, -0.2) is 9.97 Å². The number of aromatic nitrogens is 3. The van der Waals surface area contributed by atoms with Crippen LogP contribution in [0.3, 0.4) is 0 Å². The van der Waals surface area contributed by atoms with Gasteiger partial charge in [0.25, 0.3) is 0 Å². The summed E-state index contributed by atoms with van der Waals surface area (Å²) >= 11 is 0. The van der Waals surface area contributed by atoms with Crippen molar-refractivity contribution in [1.82, 2.24) is 15.0 Å². The molecule has 0 saturated carbocycles. The Balaban J connectivity index is 2.39. The van der Waals surface area contributed by atoms with E-state index in [0.29, 0.717) is 10.9 Å². The third kappa shape index (κ3) is 2.43. The van der Waals surface area contributed by atoms with Crippen LogP contribution in [-0.2, 0) is 4.79 Å². The average molecular weight is 230 g/mol. The molecule has 0 aliphatic rings. The summed E-state index contributed by atoms with van der Waals surface area (Å²) in [5.74, 6) is 0.0499. The van der Waals surface area contributed by atoms with Gasteiger partial charge in [0.05, 0.1) is 0 Å². The highest BCUT2D eigenvalue weighted by molar-refractivity contribution is 5.87. The molecule has 0 unspecified atom stereocenters. The van der Waals surface area contributed by atoms with Gasteiger partial charge in [-0.1, -0.05) is 0 Å². The molecular formula is C11H10N4O2. The molecular weight excluding hydrogens is 220 g/mol. The highest BCUT2D eigenvalue weighted by atomic mass is 16.5. The van der Waals surface area contributed by atoms with Crippen LogP contribution in [0, 0.1) is 0 Å². The van der Waals surface area contributed by atoms with E-state index in [2.05, 4.69) is 15.0 Å². The van der Waals surface area contributed by atoms with E-state index in [4.69, 9.17) is 0 Å². The molecule has 0 aromatic carbocycles. The van der Waals surface area contributed by atoms with Gasteiger partial charge in [-0.3, -0.25) is 15.0 Å². The highest BCUT2D eigenvalue weighted by Gasteiger charge is 2.11. The number of amides is 1. The first kappa shape index (κ1) is 11.2. The second-order valence-electron chi connectivity index (χ2n) is 3.31. The Bertz CT molecular complexity index is 530. The summed E-state index contributed by atoms with van der Waals surface area (Å²) in [6, 6.07) is 4.94. The summed E-state index contributed by atoms with van der Waals surface area (Å²) in [5.41, 5.74) is 0.763. The van der Waals surface area contributed by atoms with E-state index in [9.17, 15) is 10.0 Å². The van der Waals surface area contributed by atoms with Crippen LogP contribution in [0.25, 0.3) is 11.4 Å². The minimum atomic E-state index is -0.510. The Morgan fingerprint density at radius 2 is 1.94 bits per heavy atom. The number of pyridine rings is 1. The van der Waals surface area contributed by atoms with E-state index in [1.54, 1.807) is 24.5 Å². The van der Waals surface area contributed by atoms with Crippen molar-refractivity contribution in [3.05, 3.63) is 36.8 Å². The van der Waals surface area contributed by atoms with Gasteiger partial charge in [0.2, 0.25) is 5.91 Å². The molecule has 17 heavy (non-hydrogen) atoms. The number of hydrogen-bond donors (Lipinski definition) is 1. The molecule has 0 fully saturated rings. The van der Waals surface area contributed by atoms with Crippen LogP contribution < -0.4 is 5.06 Å². The zero-order valence-electron chi connectivity index (χ0n) is 9.11. The summed E-state index contributed by atoms with van der Waals surface area (Å²) in [6.07, 6.45) is 4.71. The normalized spacial score (nSPS) is 10.0. The van der Waals surface area contributed by atoms with Crippen molar-refractivity contribution in [2.24, 2.45) is 0 Å². The van der Waals surface area contributed by atoms with Gasteiger partial charge in [0, 0.05) is 37.1 Å². The molecule has 0 aliphatic heterocycles. The summed E-state index contributed by atoms with van der Waals surface area (Å²) < 4.78 is 0. The third-order valence-electron chi connectivity index (χ3n) is 2.09. The lowest BCUT2D eigenvalue weighted by Crippen LogP contribution is -2.24. The zero-order chi connectivity index (χ0) is 12.3. The van der Waals surface area contributed by atoms with Gasteiger partial charge < -0.3 is 0 Å².